The van der Waals surface area contributed by atoms with Gasteiger partial charge in [-0.1, -0.05) is 18.2 Å². The molecule has 0 aliphatic carbocycles. The summed E-state index contributed by atoms with van der Waals surface area (Å²) in [7, 11) is 0. The number of rotatable bonds is 4. The van der Waals surface area contributed by atoms with Gasteiger partial charge in [-0.3, -0.25) is 0 Å². The summed E-state index contributed by atoms with van der Waals surface area (Å²) in [5.41, 5.74) is 7.16. The third kappa shape index (κ3) is 3.30. The van der Waals surface area contributed by atoms with Gasteiger partial charge in [0, 0.05) is 16.7 Å². The van der Waals surface area contributed by atoms with E-state index in [0.29, 0.717) is 5.56 Å². The first kappa shape index (κ1) is 14.0. The Morgan fingerprint density at radius 2 is 1.84 bits per heavy atom. The summed E-state index contributed by atoms with van der Waals surface area (Å²) in [6.45, 7) is 0.270. The number of benzene rings is 2. The smallest absolute Gasteiger partial charge is 0.159 e. The summed E-state index contributed by atoms with van der Waals surface area (Å²) in [6.07, 6.45) is 0. The maximum Gasteiger partial charge on any atom is 0.159 e. The Bertz CT molecular complexity index is 575. The highest BCUT2D eigenvalue weighted by atomic mass is 79.9. The third-order valence-electron chi connectivity index (χ3n) is 2.79. The summed E-state index contributed by atoms with van der Waals surface area (Å²) >= 11 is 3.42. The van der Waals surface area contributed by atoms with Gasteiger partial charge in [0.05, 0.1) is 6.04 Å². The monoisotopic (exact) mass is 326 g/mol. The van der Waals surface area contributed by atoms with Crippen LogP contribution in [-0.2, 0) is 0 Å². The molecule has 1 atom stereocenters. The molecule has 2 aromatic rings. The van der Waals surface area contributed by atoms with Crippen molar-refractivity contribution in [1.82, 2.24) is 0 Å². The van der Waals surface area contributed by atoms with Crippen LogP contribution in [0.5, 0.6) is 0 Å². The van der Waals surface area contributed by atoms with Crippen molar-refractivity contribution >= 4 is 21.6 Å². The first-order valence-electron chi connectivity index (χ1n) is 5.78. The Morgan fingerprint density at radius 3 is 2.47 bits per heavy atom. The van der Waals surface area contributed by atoms with E-state index in [4.69, 9.17) is 5.73 Å². The SMILES string of the molecule is NCC(Nc1ccccc1Br)c1ccc(F)c(F)c1. The summed E-state index contributed by atoms with van der Waals surface area (Å²) < 4.78 is 27.0. The molecule has 0 saturated heterocycles. The normalized spacial score (nSPS) is 12.2. The number of nitrogens with two attached hydrogens (primary N) is 1. The fourth-order valence-corrected chi connectivity index (χ4v) is 2.17. The van der Waals surface area contributed by atoms with E-state index in [1.54, 1.807) is 0 Å². The number of nitrogens with one attached hydrogen (secondary N) is 1. The second-order valence-electron chi connectivity index (χ2n) is 4.09. The van der Waals surface area contributed by atoms with Crippen LogP contribution in [0.15, 0.2) is 46.9 Å². The largest absolute Gasteiger partial charge is 0.376 e. The van der Waals surface area contributed by atoms with Crippen molar-refractivity contribution in [2.24, 2.45) is 5.73 Å². The Hall–Kier alpha value is -1.46. The molecule has 100 valence electrons. The van der Waals surface area contributed by atoms with Crippen molar-refractivity contribution in [3.05, 3.63) is 64.1 Å². The average molecular weight is 327 g/mol. The molecule has 0 bridgehead atoms. The number of anilines is 1. The van der Waals surface area contributed by atoms with E-state index in [0.717, 1.165) is 22.3 Å². The lowest BCUT2D eigenvalue weighted by atomic mass is 10.1. The average Bonchev–Trinajstić information content (AvgIpc) is 2.41. The van der Waals surface area contributed by atoms with E-state index >= 15 is 0 Å². The summed E-state index contributed by atoms with van der Waals surface area (Å²) in [6, 6.07) is 11.1. The number of hydrogen-bond acceptors (Lipinski definition) is 2. The second-order valence-corrected chi connectivity index (χ2v) is 4.94. The van der Waals surface area contributed by atoms with Crippen LogP contribution in [0.4, 0.5) is 14.5 Å². The summed E-state index contributed by atoms with van der Waals surface area (Å²) in [4.78, 5) is 0. The molecule has 1 unspecified atom stereocenters. The predicted octanol–water partition coefficient (Wildman–Crippen LogP) is 3.84. The molecule has 0 fully saturated rings. The summed E-state index contributed by atoms with van der Waals surface area (Å²) in [5.74, 6) is -1.73. The van der Waals surface area contributed by atoms with Gasteiger partial charge < -0.3 is 11.1 Å². The van der Waals surface area contributed by atoms with Gasteiger partial charge in [0.2, 0.25) is 0 Å². The van der Waals surface area contributed by atoms with E-state index in [9.17, 15) is 8.78 Å². The highest BCUT2D eigenvalue weighted by molar-refractivity contribution is 9.10. The number of halogens is 3. The van der Waals surface area contributed by atoms with Crippen molar-refractivity contribution in [2.45, 2.75) is 6.04 Å². The fraction of sp³-hybridized carbons (Fsp3) is 0.143. The number of para-hydroxylation sites is 1. The minimum absolute atomic E-state index is 0.270. The molecule has 19 heavy (non-hydrogen) atoms. The maximum atomic E-state index is 13.2. The Kier molecular flexibility index (Phi) is 4.50. The van der Waals surface area contributed by atoms with E-state index in [1.165, 1.54) is 6.07 Å². The lowest BCUT2D eigenvalue weighted by Gasteiger charge is -2.19. The maximum absolute atomic E-state index is 13.2. The van der Waals surface area contributed by atoms with Crippen LogP contribution >= 0.6 is 15.9 Å². The van der Waals surface area contributed by atoms with Crippen LogP contribution in [-0.4, -0.2) is 6.54 Å². The van der Waals surface area contributed by atoms with Gasteiger partial charge in [-0.15, -0.1) is 0 Å². The zero-order chi connectivity index (χ0) is 13.8. The molecule has 0 saturated carbocycles. The van der Waals surface area contributed by atoms with Crippen molar-refractivity contribution < 1.29 is 8.78 Å². The van der Waals surface area contributed by atoms with Crippen molar-refractivity contribution in [1.29, 1.82) is 0 Å². The lowest BCUT2D eigenvalue weighted by molar-refractivity contribution is 0.506. The molecule has 2 rings (SSSR count). The molecule has 5 heteroatoms. The van der Waals surface area contributed by atoms with E-state index in [-0.39, 0.29) is 12.6 Å². The first-order chi connectivity index (χ1) is 9.11. The molecule has 0 aliphatic heterocycles. The molecule has 2 nitrogen and oxygen atoms in total. The minimum Gasteiger partial charge on any atom is -0.376 e. The van der Waals surface area contributed by atoms with E-state index in [1.807, 2.05) is 24.3 Å². The van der Waals surface area contributed by atoms with Crippen LogP contribution in [0.2, 0.25) is 0 Å². The molecule has 0 aliphatic rings. The van der Waals surface area contributed by atoms with Gasteiger partial charge in [-0.2, -0.15) is 0 Å². The first-order valence-corrected chi connectivity index (χ1v) is 6.57. The van der Waals surface area contributed by atoms with Crippen LogP contribution < -0.4 is 11.1 Å². The third-order valence-corrected chi connectivity index (χ3v) is 3.48. The standard InChI is InChI=1S/C14H13BrF2N2/c15-10-3-1-2-4-13(10)19-14(8-18)9-5-6-11(16)12(17)7-9/h1-7,14,19H,8,18H2. The molecular formula is C14H13BrF2N2. The van der Waals surface area contributed by atoms with Crippen molar-refractivity contribution in [3.63, 3.8) is 0 Å². The molecule has 0 amide bonds. The molecule has 0 spiro atoms. The minimum atomic E-state index is -0.870. The predicted molar refractivity (Wildman–Crippen MR) is 75.9 cm³/mol. The van der Waals surface area contributed by atoms with Crippen molar-refractivity contribution in [2.75, 3.05) is 11.9 Å². The van der Waals surface area contributed by atoms with Gasteiger partial charge in [0.15, 0.2) is 11.6 Å². The molecular weight excluding hydrogens is 314 g/mol. The van der Waals surface area contributed by atoms with Crippen LogP contribution in [0.3, 0.4) is 0 Å². The van der Waals surface area contributed by atoms with Gasteiger partial charge in [0.1, 0.15) is 0 Å². The Morgan fingerprint density at radius 1 is 1.11 bits per heavy atom. The van der Waals surface area contributed by atoms with Crippen LogP contribution in [0.1, 0.15) is 11.6 Å². The van der Waals surface area contributed by atoms with Crippen LogP contribution in [0.25, 0.3) is 0 Å². The molecule has 3 N–H and O–H groups in total. The zero-order valence-corrected chi connectivity index (χ0v) is 11.6. The zero-order valence-electron chi connectivity index (χ0n) is 10.0. The summed E-state index contributed by atoms with van der Waals surface area (Å²) in [5, 5.41) is 3.20. The number of hydrogen-bond donors (Lipinski definition) is 2. The van der Waals surface area contributed by atoms with E-state index in [2.05, 4.69) is 21.2 Å². The van der Waals surface area contributed by atoms with Gasteiger partial charge in [-0.25, -0.2) is 8.78 Å². The van der Waals surface area contributed by atoms with Gasteiger partial charge in [-0.05, 0) is 45.8 Å². The molecule has 0 aromatic heterocycles. The fourth-order valence-electron chi connectivity index (χ4n) is 1.77. The second kappa shape index (κ2) is 6.12. The van der Waals surface area contributed by atoms with Gasteiger partial charge in [0.25, 0.3) is 0 Å². The molecule has 2 aromatic carbocycles. The van der Waals surface area contributed by atoms with Gasteiger partial charge >= 0.3 is 0 Å². The highest BCUT2D eigenvalue weighted by Gasteiger charge is 2.13. The molecule has 0 radical (unpaired) electrons. The Labute approximate surface area is 118 Å². The van der Waals surface area contributed by atoms with Crippen LogP contribution in [0, 0.1) is 11.6 Å². The topological polar surface area (TPSA) is 38.0 Å². The Balaban J connectivity index is 2.25. The molecule has 0 heterocycles. The lowest BCUT2D eigenvalue weighted by Crippen LogP contribution is -2.21. The van der Waals surface area contributed by atoms with Crippen molar-refractivity contribution in [3.8, 4) is 0 Å². The highest BCUT2D eigenvalue weighted by Crippen LogP contribution is 2.26. The quantitative estimate of drug-likeness (QED) is 0.895. The van der Waals surface area contributed by atoms with E-state index < -0.39 is 11.6 Å².